The monoisotopic (exact) mass is 511 g/mol. The molecule has 36 heavy (non-hydrogen) atoms. The van der Waals surface area contributed by atoms with Crippen molar-refractivity contribution >= 4 is 85.2 Å². The summed E-state index contributed by atoms with van der Waals surface area (Å²) in [5.41, 5.74) is 5.90. The highest BCUT2D eigenvalue weighted by molar-refractivity contribution is 7.39. The van der Waals surface area contributed by atoms with Gasteiger partial charge in [0.2, 0.25) is 9.28 Å². The van der Waals surface area contributed by atoms with Crippen molar-refractivity contribution < 1.29 is 4.43 Å². The molecule has 7 rings (SSSR count). The summed E-state index contributed by atoms with van der Waals surface area (Å²) in [5, 5.41) is 15.4. The molecule has 0 amide bonds. The molecular formula is C32H27OSi3. The smallest absolute Gasteiger partial charge is 0.203 e. The van der Waals surface area contributed by atoms with Gasteiger partial charge in [0.05, 0.1) is 16.9 Å². The van der Waals surface area contributed by atoms with E-state index in [0.717, 1.165) is 15.2 Å². The minimum absolute atomic E-state index is 0.600. The zero-order chi connectivity index (χ0) is 24.6. The Labute approximate surface area is 218 Å². The molecule has 0 N–H and O–H groups in total. The Morgan fingerprint density at radius 3 is 2.06 bits per heavy atom. The molecule has 1 aliphatic heterocycles. The van der Waals surface area contributed by atoms with Crippen molar-refractivity contribution in [3.8, 4) is 0 Å². The van der Waals surface area contributed by atoms with Gasteiger partial charge in [-0.2, -0.15) is 0 Å². The molecule has 6 aromatic rings. The molecule has 0 aliphatic carbocycles. The Balaban J connectivity index is 1.61. The van der Waals surface area contributed by atoms with E-state index in [1.807, 2.05) is 0 Å². The number of fused-ring (bicyclic) bond motifs is 6. The van der Waals surface area contributed by atoms with Crippen LogP contribution >= 0.6 is 0 Å². The summed E-state index contributed by atoms with van der Waals surface area (Å²) in [4.78, 5) is 0. The first kappa shape index (κ1) is 22.4. The van der Waals surface area contributed by atoms with Crippen LogP contribution in [0.2, 0.25) is 6.04 Å². The van der Waals surface area contributed by atoms with Crippen molar-refractivity contribution in [2.75, 3.05) is 6.61 Å². The molecule has 0 spiro atoms. The molecule has 1 nitrogen and oxygen atoms in total. The van der Waals surface area contributed by atoms with E-state index in [-0.39, 0.29) is 0 Å². The first-order valence-electron chi connectivity index (χ1n) is 12.7. The van der Waals surface area contributed by atoms with Gasteiger partial charge in [-0.05, 0) is 140 Å². The molecule has 5 radical (unpaired) electrons. The predicted molar refractivity (Wildman–Crippen MR) is 161 cm³/mol. The second-order valence-corrected chi connectivity index (χ2v) is 18.4. The highest BCUT2D eigenvalue weighted by atomic mass is 29.5. The van der Waals surface area contributed by atoms with Crippen LogP contribution in [0.5, 0.6) is 0 Å². The van der Waals surface area contributed by atoms with Crippen LogP contribution in [-0.2, 0) is 4.43 Å². The van der Waals surface area contributed by atoms with Gasteiger partial charge >= 0.3 is 0 Å². The summed E-state index contributed by atoms with van der Waals surface area (Å²) in [5.74, 6) is 0. The normalized spacial score (nSPS) is 15.1. The highest BCUT2D eigenvalue weighted by Crippen LogP contribution is 2.37. The van der Waals surface area contributed by atoms with Gasteiger partial charge in [0.1, 0.15) is 0 Å². The lowest BCUT2D eigenvalue weighted by Gasteiger charge is -2.26. The van der Waals surface area contributed by atoms with Gasteiger partial charge in [-0.15, -0.1) is 0 Å². The molecular weight excluding hydrogens is 485 g/mol. The second-order valence-electron chi connectivity index (χ2n) is 10.3. The average molecular weight is 512 g/mol. The van der Waals surface area contributed by atoms with Gasteiger partial charge in [-0.1, -0.05) is 41.6 Å². The topological polar surface area (TPSA) is 9.23 Å². The van der Waals surface area contributed by atoms with Gasteiger partial charge in [0, 0.05) is 6.61 Å². The quantitative estimate of drug-likeness (QED) is 0.129. The third-order valence-corrected chi connectivity index (χ3v) is 17.9. The maximum atomic E-state index is 5.82. The Bertz CT molecular complexity index is 1870. The minimum Gasteiger partial charge on any atom is -0.422 e. The molecule has 1 heterocycles. The molecule has 0 aromatic heterocycles. The van der Waals surface area contributed by atoms with Crippen LogP contribution in [0.1, 0.15) is 22.3 Å². The van der Waals surface area contributed by atoms with Crippen LogP contribution in [0.3, 0.4) is 0 Å². The van der Waals surface area contributed by atoms with Crippen LogP contribution in [-0.4, -0.2) is 32.8 Å². The largest absolute Gasteiger partial charge is 0.422 e. The number of hydrogen-bond acceptors (Lipinski definition) is 1. The zero-order valence-corrected chi connectivity index (χ0v) is 24.2. The van der Waals surface area contributed by atoms with E-state index in [4.69, 9.17) is 4.43 Å². The van der Waals surface area contributed by atoms with Crippen LogP contribution in [0, 0.1) is 27.7 Å². The van der Waals surface area contributed by atoms with E-state index in [1.54, 1.807) is 5.19 Å². The fourth-order valence-electron chi connectivity index (χ4n) is 6.30. The summed E-state index contributed by atoms with van der Waals surface area (Å²) in [6.07, 6.45) is 0. The van der Waals surface area contributed by atoms with Crippen LogP contribution in [0.15, 0.2) is 66.7 Å². The van der Waals surface area contributed by atoms with Crippen molar-refractivity contribution in [3.05, 3.63) is 89.0 Å². The third kappa shape index (κ3) is 3.28. The van der Waals surface area contributed by atoms with Crippen molar-refractivity contribution in [3.63, 3.8) is 0 Å². The molecule has 0 bridgehead atoms. The second kappa shape index (κ2) is 8.38. The minimum atomic E-state index is -0.600. The van der Waals surface area contributed by atoms with Gasteiger partial charge in [-0.25, -0.2) is 0 Å². The summed E-state index contributed by atoms with van der Waals surface area (Å²) in [6, 6.07) is 26.7. The molecule has 1 fully saturated rings. The molecule has 6 aromatic carbocycles. The Kier molecular flexibility index (Phi) is 5.22. The molecule has 0 unspecified atom stereocenters. The summed E-state index contributed by atoms with van der Waals surface area (Å²) in [6.45, 7) is 10.3. The molecule has 1 saturated heterocycles. The maximum Gasteiger partial charge on any atom is 0.203 e. The molecule has 1 aliphatic rings. The van der Waals surface area contributed by atoms with E-state index in [0.29, 0.717) is 9.28 Å². The number of benzene rings is 6. The van der Waals surface area contributed by atoms with E-state index in [9.17, 15) is 0 Å². The maximum absolute atomic E-state index is 5.82. The summed E-state index contributed by atoms with van der Waals surface area (Å²) >= 11 is 0. The molecule has 0 atom stereocenters. The Morgan fingerprint density at radius 2 is 1.33 bits per heavy atom. The lowest BCUT2D eigenvalue weighted by molar-refractivity contribution is 0.367. The van der Waals surface area contributed by atoms with Gasteiger partial charge < -0.3 is 4.43 Å². The molecule has 173 valence electrons. The van der Waals surface area contributed by atoms with Crippen molar-refractivity contribution in [1.82, 2.24) is 0 Å². The van der Waals surface area contributed by atoms with E-state index < -0.39 is 8.31 Å². The lowest BCUT2D eigenvalue weighted by atomic mass is 9.88. The van der Waals surface area contributed by atoms with Gasteiger partial charge in [0.25, 0.3) is 0 Å². The van der Waals surface area contributed by atoms with Crippen LogP contribution in [0.4, 0.5) is 0 Å². The zero-order valence-electron chi connectivity index (χ0n) is 21.2. The van der Waals surface area contributed by atoms with Crippen molar-refractivity contribution in [2.45, 2.75) is 33.7 Å². The lowest BCUT2D eigenvalue weighted by Crippen LogP contribution is -2.46. The van der Waals surface area contributed by atoms with Crippen LogP contribution < -0.4 is 5.19 Å². The predicted octanol–water partition coefficient (Wildman–Crippen LogP) is 7.15. The van der Waals surface area contributed by atoms with Gasteiger partial charge in [-0.3, -0.25) is 0 Å². The molecule has 4 heteroatoms. The standard InChI is InChI=1S/C32H27OSi3/c1-18-19(2)31-21(4)27-10-9-24-15-25-13-22-7-5-6-8-23(22)14-26(25)16-28(24)29(27)17-30(31)32(20(18)3)36-12-11-33-34-35-36/h5-10,13-17H,11-12H2,1-4H3. The fourth-order valence-corrected chi connectivity index (χ4v) is 15.8. The van der Waals surface area contributed by atoms with E-state index >= 15 is 0 Å². The number of aryl methyl sites for hydroxylation is 2. The Hall–Kier alpha value is -2.77. The number of hydrogen-bond donors (Lipinski definition) is 0. The van der Waals surface area contributed by atoms with Gasteiger partial charge in [0.15, 0.2) is 0 Å². The van der Waals surface area contributed by atoms with E-state index in [2.05, 4.69) is 94.4 Å². The third-order valence-electron chi connectivity index (χ3n) is 8.39. The highest BCUT2D eigenvalue weighted by Gasteiger charge is 2.26. The van der Waals surface area contributed by atoms with Crippen molar-refractivity contribution in [2.24, 2.45) is 0 Å². The number of rotatable bonds is 1. The van der Waals surface area contributed by atoms with E-state index in [1.165, 1.54) is 82.2 Å². The fraction of sp³-hybridized carbons (Fsp3) is 0.188. The first-order chi connectivity index (χ1) is 17.5. The summed E-state index contributed by atoms with van der Waals surface area (Å²) < 4.78 is 5.82. The van der Waals surface area contributed by atoms with Crippen LogP contribution in [0.25, 0.3) is 53.9 Å². The van der Waals surface area contributed by atoms with Crippen molar-refractivity contribution in [1.29, 1.82) is 0 Å². The Morgan fingerprint density at radius 1 is 0.611 bits per heavy atom. The average Bonchev–Trinajstić information content (AvgIpc) is 2.90. The molecule has 0 saturated carbocycles. The summed E-state index contributed by atoms with van der Waals surface area (Å²) in [7, 11) is 1.05. The SMILES string of the molecule is Cc1c(C)c(C)c2c(C)c3ccc4cc5cc6ccccc6cc5cc4c3cc2c1[Si]1CCO[Si][Si]1. The first-order valence-corrected chi connectivity index (χ1v) is 18.3.